The van der Waals surface area contributed by atoms with Gasteiger partial charge in [-0.2, -0.15) is 0 Å². The maximum atomic E-state index is 11.5. The Morgan fingerprint density at radius 1 is 1.07 bits per heavy atom. The maximum absolute atomic E-state index is 11.5. The number of rotatable bonds is 11. The van der Waals surface area contributed by atoms with E-state index in [0.717, 1.165) is 62.7 Å². The Morgan fingerprint density at radius 2 is 1.77 bits per heavy atom. The van der Waals surface area contributed by atoms with Crippen LogP contribution in [0.4, 0.5) is 0 Å². The number of ether oxygens (including phenoxy) is 3. The minimum atomic E-state index is -1.08. The smallest absolute Gasteiger partial charge is 0.354 e. The number of nitrogens with zero attached hydrogens (tertiary/aromatic N) is 3. The zero-order chi connectivity index (χ0) is 27.9. The SMILES string of the molecule is COCc1cc(OCC23CCC(OCc4c(-c5c(Cl)cncc5Cl)noc4C4CC4)(CC2)CC3)cnc1C(=O)O. The third kappa shape index (κ3) is 5.32. The van der Waals surface area contributed by atoms with Crippen LogP contribution in [-0.2, 0) is 22.7 Å². The molecule has 40 heavy (non-hydrogen) atoms. The van der Waals surface area contributed by atoms with Gasteiger partial charge < -0.3 is 23.8 Å². The molecule has 0 unspecified atom stereocenters. The lowest BCUT2D eigenvalue weighted by molar-refractivity contribution is -0.150. The fourth-order valence-corrected chi connectivity index (χ4v) is 6.65. The molecule has 0 radical (unpaired) electrons. The number of halogens is 2. The molecule has 9 nitrogen and oxygen atoms in total. The molecule has 0 spiro atoms. The summed E-state index contributed by atoms with van der Waals surface area (Å²) in [5, 5.41) is 14.6. The van der Waals surface area contributed by atoms with Gasteiger partial charge in [0.1, 0.15) is 17.2 Å². The average Bonchev–Trinajstić information content (AvgIpc) is 3.72. The summed E-state index contributed by atoms with van der Waals surface area (Å²) in [6.07, 6.45) is 12.6. The fraction of sp³-hybridized carbons (Fsp3) is 0.517. The zero-order valence-electron chi connectivity index (χ0n) is 22.3. The van der Waals surface area contributed by atoms with E-state index in [1.165, 1.54) is 13.3 Å². The highest BCUT2D eigenvalue weighted by atomic mass is 35.5. The van der Waals surface area contributed by atoms with E-state index in [1.807, 2.05) is 0 Å². The number of pyridine rings is 2. The van der Waals surface area contributed by atoms with Gasteiger partial charge in [0.2, 0.25) is 0 Å². The van der Waals surface area contributed by atoms with E-state index in [0.29, 0.717) is 51.7 Å². The molecule has 0 aromatic carbocycles. The Bertz CT molecular complexity index is 1380. The molecular weight excluding hydrogens is 557 g/mol. The van der Waals surface area contributed by atoms with Crippen molar-refractivity contribution in [1.82, 2.24) is 15.1 Å². The summed E-state index contributed by atoms with van der Waals surface area (Å²) in [6, 6.07) is 1.71. The lowest BCUT2D eigenvalue weighted by Crippen LogP contribution is -2.49. The molecule has 3 aromatic heterocycles. The van der Waals surface area contributed by atoms with Crippen LogP contribution in [0.5, 0.6) is 5.75 Å². The van der Waals surface area contributed by atoms with Crippen LogP contribution in [0, 0.1) is 5.41 Å². The van der Waals surface area contributed by atoms with Crippen molar-refractivity contribution < 1.29 is 28.6 Å². The Morgan fingerprint density at radius 3 is 2.40 bits per heavy atom. The van der Waals surface area contributed by atoms with Crippen molar-refractivity contribution in [2.45, 2.75) is 76.1 Å². The van der Waals surface area contributed by atoms with Crippen LogP contribution in [0.15, 0.2) is 29.2 Å². The monoisotopic (exact) mass is 587 g/mol. The summed E-state index contributed by atoms with van der Waals surface area (Å²) in [5.74, 6) is 0.719. The number of aromatic nitrogens is 3. The molecule has 1 N–H and O–H groups in total. The molecule has 3 heterocycles. The lowest BCUT2D eigenvalue weighted by Gasteiger charge is -2.52. The Kier molecular flexibility index (Phi) is 7.50. The van der Waals surface area contributed by atoms with Gasteiger partial charge in [0, 0.05) is 47.5 Å². The summed E-state index contributed by atoms with van der Waals surface area (Å²) in [6.45, 7) is 1.12. The third-order valence-corrected chi connectivity index (χ3v) is 9.27. The summed E-state index contributed by atoms with van der Waals surface area (Å²) in [4.78, 5) is 19.6. The van der Waals surface area contributed by atoms with Crippen LogP contribution in [0.3, 0.4) is 0 Å². The van der Waals surface area contributed by atoms with Gasteiger partial charge in [-0.3, -0.25) is 4.98 Å². The van der Waals surface area contributed by atoms with Crippen LogP contribution in [-0.4, -0.2) is 45.5 Å². The Balaban J connectivity index is 1.12. The number of carbonyl (C=O) groups is 1. The van der Waals surface area contributed by atoms with E-state index in [4.69, 9.17) is 41.9 Å². The number of hydrogen-bond donors (Lipinski definition) is 1. The summed E-state index contributed by atoms with van der Waals surface area (Å²) in [5.41, 5.74) is 2.56. The highest BCUT2D eigenvalue weighted by molar-refractivity contribution is 6.38. The van der Waals surface area contributed by atoms with Crippen LogP contribution in [0.1, 0.15) is 84.7 Å². The zero-order valence-corrected chi connectivity index (χ0v) is 23.8. The second-order valence-electron chi connectivity index (χ2n) is 11.3. The molecule has 2 bridgehead atoms. The van der Waals surface area contributed by atoms with Gasteiger partial charge in [-0.1, -0.05) is 28.4 Å². The minimum absolute atomic E-state index is 0.0149. The van der Waals surface area contributed by atoms with Crippen LogP contribution in [0.25, 0.3) is 11.3 Å². The molecule has 4 saturated carbocycles. The Hall–Kier alpha value is -2.72. The number of fused-ring (bicyclic) bond motifs is 3. The molecule has 0 saturated heterocycles. The van der Waals surface area contributed by atoms with Crippen molar-refractivity contribution in [3.05, 3.63) is 57.3 Å². The predicted molar refractivity (Wildman–Crippen MR) is 147 cm³/mol. The van der Waals surface area contributed by atoms with Gasteiger partial charge in [-0.05, 0) is 57.4 Å². The van der Waals surface area contributed by atoms with Crippen molar-refractivity contribution in [3.63, 3.8) is 0 Å². The number of aromatic carboxylic acids is 1. The number of carboxylic acids is 1. The van der Waals surface area contributed by atoms with E-state index >= 15 is 0 Å². The molecule has 0 aliphatic heterocycles. The number of methoxy groups -OCH3 is 1. The van der Waals surface area contributed by atoms with Gasteiger partial charge >= 0.3 is 5.97 Å². The van der Waals surface area contributed by atoms with Gasteiger partial charge in [0.05, 0.1) is 41.7 Å². The normalized spacial score (nSPS) is 23.9. The highest BCUT2D eigenvalue weighted by Crippen LogP contribution is 2.55. The molecular formula is C29H31Cl2N3O6. The van der Waals surface area contributed by atoms with Gasteiger partial charge in [0.25, 0.3) is 0 Å². The quantitative estimate of drug-likeness (QED) is 0.257. The average molecular weight is 588 g/mol. The van der Waals surface area contributed by atoms with E-state index in [-0.39, 0.29) is 23.3 Å². The molecule has 4 aliphatic carbocycles. The maximum Gasteiger partial charge on any atom is 0.354 e. The van der Waals surface area contributed by atoms with Gasteiger partial charge in [0.15, 0.2) is 5.69 Å². The minimum Gasteiger partial charge on any atom is -0.491 e. The summed E-state index contributed by atoms with van der Waals surface area (Å²) >= 11 is 12.9. The molecule has 4 fully saturated rings. The van der Waals surface area contributed by atoms with Crippen LogP contribution in [0.2, 0.25) is 10.0 Å². The third-order valence-electron chi connectivity index (χ3n) is 8.70. The second kappa shape index (κ2) is 10.9. The topological polar surface area (TPSA) is 117 Å². The van der Waals surface area contributed by atoms with Crippen LogP contribution >= 0.6 is 23.2 Å². The first-order chi connectivity index (χ1) is 19.3. The molecule has 212 valence electrons. The standard InChI is InChI=1S/C29H31Cl2N3O6/c1-37-14-18-10-19(11-33-24(18)27(35)36)38-16-28-4-7-29(8-5-28,9-6-28)39-15-20-25(34-40-26(20)17-2-3-17)23-21(30)12-32-13-22(23)31/h10-13,17H,2-9,14-16H2,1H3,(H,35,36). The molecule has 4 aliphatic rings. The number of hydrogen-bond acceptors (Lipinski definition) is 8. The lowest BCUT2D eigenvalue weighted by atomic mass is 9.59. The summed E-state index contributed by atoms with van der Waals surface area (Å²) < 4.78 is 23.8. The largest absolute Gasteiger partial charge is 0.491 e. The first-order valence-electron chi connectivity index (χ1n) is 13.6. The first-order valence-corrected chi connectivity index (χ1v) is 14.3. The van der Waals surface area contributed by atoms with E-state index < -0.39 is 5.97 Å². The van der Waals surface area contributed by atoms with Crippen molar-refractivity contribution in [2.24, 2.45) is 5.41 Å². The van der Waals surface area contributed by atoms with Crippen LogP contribution < -0.4 is 4.74 Å². The van der Waals surface area contributed by atoms with E-state index in [2.05, 4.69) is 15.1 Å². The molecule has 0 atom stereocenters. The summed E-state index contributed by atoms with van der Waals surface area (Å²) in [7, 11) is 1.52. The molecule has 0 amide bonds. The molecule has 7 rings (SSSR count). The van der Waals surface area contributed by atoms with Crippen molar-refractivity contribution >= 4 is 29.2 Å². The first kappa shape index (κ1) is 27.4. The van der Waals surface area contributed by atoms with E-state index in [1.54, 1.807) is 18.5 Å². The van der Waals surface area contributed by atoms with E-state index in [9.17, 15) is 9.90 Å². The van der Waals surface area contributed by atoms with Gasteiger partial charge in [-0.15, -0.1) is 0 Å². The molecule has 11 heteroatoms. The van der Waals surface area contributed by atoms with Crippen molar-refractivity contribution in [3.8, 4) is 17.0 Å². The van der Waals surface area contributed by atoms with Crippen molar-refractivity contribution in [2.75, 3.05) is 13.7 Å². The second-order valence-corrected chi connectivity index (χ2v) is 12.1. The predicted octanol–water partition coefficient (Wildman–Crippen LogP) is 6.85. The Labute approximate surface area is 242 Å². The molecule has 3 aromatic rings. The van der Waals surface area contributed by atoms with Gasteiger partial charge in [-0.25, -0.2) is 9.78 Å². The highest BCUT2D eigenvalue weighted by Gasteiger charge is 2.50. The fourth-order valence-electron chi connectivity index (χ4n) is 6.11. The number of carboxylic acid groups (broad SMARTS) is 1. The van der Waals surface area contributed by atoms with Crippen molar-refractivity contribution in [1.29, 1.82) is 0 Å².